The lowest BCUT2D eigenvalue weighted by Gasteiger charge is -2.17. The molecule has 36 heavy (non-hydrogen) atoms. The number of carbonyl (C=O) groups excluding carboxylic acids is 1. The summed E-state index contributed by atoms with van der Waals surface area (Å²) in [7, 11) is 1.61. The standard InChI is InChI=1S/C29H33NO6/c1-5-30(6-2)15-16-35-29(32)21-12-14-24-23(18-21)26(31)22-13-11-20(27(22)36-24)17-19-9-8-10-25(34-7-3)28(19)33-4/h8-10,12,14,17-18H,5-7,11,13,15-16H2,1-4H3. The second-order valence-corrected chi connectivity index (χ2v) is 8.59. The minimum absolute atomic E-state index is 0.109. The van der Waals surface area contributed by atoms with Crippen molar-refractivity contribution < 1.29 is 23.4 Å². The number of ether oxygens (including phenoxy) is 3. The third kappa shape index (κ3) is 5.16. The number of likely N-dealkylation sites (N-methyl/N-ethyl adjacent to an activating group) is 1. The Bertz CT molecular complexity index is 1340. The number of benzene rings is 2. The molecule has 0 bridgehead atoms. The summed E-state index contributed by atoms with van der Waals surface area (Å²) in [6.07, 6.45) is 3.24. The molecule has 3 aromatic rings. The SMILES string of the molecule is CCOc1cccc(C=C2CCc3c2oc2ccc(C(=O)OCCN(CC)CC)cc2c3=O)c1OC. The van der Waals surface area contributed by atoms with E-state index in [2.05, 4.69) is 18.7 Å². The summed E-state index contributed by atoms with van der Waals surface area (Å²) in [6, 6.07) is 10.6. The van der Waals surface area contributed by atoms with Gasteiger partial charge in [0.2, 0.25) is 0 Å². The average molecular weight is 492 g/mol. The summed E-state index contributed by atoms with van der Waals surface area (Å²) in [4.78, 5) is 28.1. The van der Waals surface area contributed by atoms with Crippen LogP contribution in [0.4, 0.5) is 0 Å². The zero-order valence-corrected chi connectivity index (χ0v) is 21.4. The van der Waals surface area contributed by atoms with Crippen LogP contribution in [0.15, 0.2) is 45.6 Å². The summed E-state index contributed by atoms with van der Waals surface area (Å²) in [6.45, 7) is 9.38. The van der Waals surface area contributed by atoms with Crippen LogP contribution in [0.5, 0.6) is 11.5 Å². The quantitative estimate of drug-likeness (QED) is 0.361. The number of fused-ring (bicyclic) bond motifs is 2. The first-order valence-electron chi connectivity index (χ1n) is 12.5. The van der Waals surface area contributed by atoms with E-state index < -0.39 is 5.97 Å². The maximum Gasteiger partial charge on any atom is 0.338 e. The van der Waals surface area contributed by atoms with E-state index >= 15 is 0 Å². The van der Waals surface area contributed by atoms with Crippen molar-refractivity contribution in [2.75, 3.05) is 40.0 Å². The molecule has 0 amide bonds. The first kappa shape index (κ1) is 25.5. The van der Waals surface area contributed by atoms with Crippen LogP contribution >= 0.6 is 0 Å². The van der Waals surface area contributed by atoms with Crippen LogP contribution < -0.4 is 14.9 Å². The predicted octanol–water partition coefficient (Wildman–Crippen LogP) is 5.19. The number of hydrogen-bond donors (Lipinski definition) is 0. The molecule has 0 fully saturated rings. The number of hydrogen-bond acceptors (Lipinski definition) is 7. The molecule has 2 aromatic carbocycles. The Morgan fingerprint density at radius 2 is 1.92 bits per heavy atom. The summed E-state index contributed by atoms with van der Waals surface area (Å²) >= 11 is 0. The smallest absolute Gasteiger partial charge is 0.338 e. The van der Waals surface area contributed by atoms with Gasteiger partial charge in [-0.25, -0.2) is 4.79 Å². The molecule has 1 aromatic heterocycles. The number of carbonyl (C=O) groups is 1. The first-order chi connectivity index (χ1) is 17.5. The fourth-order valence-corrected chi connectivity index (χ4v) is 4.57. The molecule has 1 aliphatic rings. The molecule has 4 rings (SSSR count). The highest BCUT2D eigenvalue weighted by molar-refractivity contribution is 5.95. The number of methoxy groups -OCH3 is 1. The van der Waals surface area contributed by atoms with Gasteiger partial charge in [0, 0.05) is 17.7 Å². The molecule has 0 radical (unpaired) electrons. The van der Waals surface area contributed by atoms with Crippen molar-refractivity contribution in [3.8, 4) is 11.5 Å². The second-order valence-electron chi connectivity index (χ2n) is 8.59. The van der Waals surface area contributed by atoms with Gasteiger partial charge >= 0.3 is 5.97 Å². The zero-order valence-electron chi connectivity index (χ0n) is 21.4. The molecule has 0 N–H and O–H groups in total. The minimum Gasteiger partial charge on any atom is -0.492 e. The topological polar surface area (TPSA) is 78.2 Å². The van der Waals surface area contributed by atoms with Crippen LogP contribution in [-0.4, -0.2) is 50.8 Å². The fraction of sp³-hybridized carbons (Fsp3) is 0.379. The highest BCUT2D eigenvalue weighted by Crippen LogP contribution is 2.38. The lowest BCUT2D eigenvalue weighted by Crippen LogP contribution is -2.27. The normalized spacial score (nSPS) is 13.9. The third-order valence-electron chi connectivity index (χ3n) is 6.53. The molecule has 7 nitrogen and oxygen atoms in total. The van der Waals surface area contributed by atoms with Gasteiger partial charge in [0.1, 0.15) is 18.0 Å². The van der Waals surface area contributed by atoms with Crippen molar-refractivity contribution >= 4 is 28.6 Å². The summed E-state index contributed by atoms with van der Waals surface area (Å²) in [5, 5.41) is 0.393. The van der Waals surface area contributed by atoms with Gasteiger partial charge < -0.3 is 23.5 Å². The Morgan fingerprint density at radius 3 is 2.64 bits per heavy atom. The van der Waals surface area contributed by atoms with E-state index in [9.17, 15) is 9.59 Å². The Kier molecular flexibility index (Phi) is 8.10. The van der Waals surface area contributed by atoms with Crippen LogP contribution in [-0.2, 0) is 11.2 Å². The number of rotatable bonds is 10. The molecule has 0 saturated heterocycles. The van der Waals surface area contributed by atoms with Gasteiger partial charge in [-0.1, -0.05) is 26.0 Å². The van der Waals surface area contributed by atoms with Crippen LogP contribution in [0.25, 0.3) is 22.6 Å². The molecule has 0 aliphatic heterocycles. The number of nitrogens with zero attached hydrogens (tertiary/aromatic N) is 1. The van der Waals surface area contributed by atoms with Crippen LogP contribution in [0, 0.1) is 0 Å². The molecular formula is C29H33NO6. The van der Waals surface area contributed by atoms with Crippen LogP contribution in [0.2, 0.25) is 0 Å². The first-order valence-corrected chi connectivity index (χ1v) is 12.5. The third-order valence-corrected chi connectivity index (χ3v) is 6.53. The van der Waals surface area contributed by atoms with E-state index in [4.69, 9.17) is 18.6 Å². The van der Waals surface area contributed by atoms with Crippen molar-refractivity contribution in [3.63, 3.8) is 0 Å². The number of allylic oxidation sites excluding steroid dienone is 1. The molecule has 1 heterocycles. The Balaban J connectivity index is 1.63. The summed E-state index contributed by atoms with van der Waals surface area (Å²) < 4.78 is 22.9. The monoisotopic (exact) mass is 491 g/mol. The lowest BCUT2D eigenvalue weighted by atomic mass is 10.1. The van der Waals surface area contributed by atoms with Crippen molar-refractivity contribution in [2.24, 2.45) is 0 Å². The van der Waals surface area contributed by atoms with Crippen LogP contribution in [0.1, 0.15) is 54.4 Å². The Morgan fingerprint density at radius 1 is 1.11 bits per heavy atom. The van der Waals surface area contributed by atoms with Gasteiger partial charge in [0.25, 0.3) is 0 Å². The molecule has 0 atom stereocenters. The predicted molar refractivity (Wildman–Crippen MR) is 141 cm³/mol. The minimum atomic E-state index is -0.439. The molecule has 190 valence electrons. The van der Waals surface area contributed by atoms with Gasteiger partial charge in [-0.2, -0.15) is 0 Å². The van der Waals surface area contributed by atoms with Gasteiger partial charge in [-0.3, -0.25) is 4.79 Å². The van der Waals surface area contributed by atoms with E-state index in [1.165, 1.54) is 0 Å². The molecule has 1 aliphatic carbocycles. The molecule has 0 unspecified atom stereocenters. The Labute approximate surface area is 211 Å². The molecular weight excluding hydrogens is 458 g/mol. The largest absolute Gasteiger partial charge is 0.492 e. The molecule has 0 saturated carbocycles. The van der Waals surface area contributed by atoms with Crippen molar-refractivity contribution in [1.82, 2.24) is 4.90 Å². The maximum atomic E-state index is 13.3. The van der Waals surface area contributed by atoms with Gasteiger partial charge in [0.05, 0.1) is 24.7 Å². The van der Waals surface area contributed by atoms with Crippen molar-refractivity contribution in [1.29, 1.82) is 0 Å². The van der Waals surface area contributed by atoms with E-state index in [1.54, 1.807) is 25.3 Å². The van der Waals surface area contributed by atoms with Gasteiger partial charge in [-0.05, 0) is 68.8 Å². The van der Waals surface area contributed by atoms with E-state index in [0.717, 1.165) is 24.2 Å². The highest BCUT2D eigenvalue weighted by Gasteiger charge is 2.25. The maximum absolute atomic E-state index is 13.3. The van der Waals surface area contributed by atoms with Gasteiger partial charge in [-0.15, -0.1) is 0 Å². The highest BCUT2D eigenvalue weighted by atomic mass is 16.5. The lowest BCUT2D eigenvalue weighted by molar-refractivity contribution is 0.0466. The number of para-hydroxylation sites is 1. The van der Waals surface area contributed by atoms with E-state index in [-0.39, 0.29) is 5.43 Å². The van der Waals surface area contributed by atoms with Crippen molar-refractivity contribution in [2.45, 2.75) is 33.6 Å². The molecule has 0 spiro atoms. The second kappa shape index (κ2) is 11.4. The van der Waals surface area contributed by atoms with E-state index in [0.29, 0.717) is 72.0 Å². The zero-order chi connectivity index (χ0) is 25.7. The van der Waals surface area contributed by atoms with E-state index in [1.807, 2.05) is 31.2 Å². The van der Waals surface area contributed by atoms with Crippen LogP contribution in [0.3, 0.4) is 0 Å². The van der Waals surface area contributed by atoms with Gasteiger partial charge in [0.15, 0.2) is 16.9 Å². The Hall–Kier alpha value is -3.58. The fourth-order valence-electron chi connectivity index (χ4n) is 4.57. The summed E-state index contributed by atoms with van der Waals surface area (Å²) in [5.41, 5.74) is 3.10. The summed E-state index contributed by atoms with van der Waals surface area (Å²) in [5.74, 6) is 1.47. The van der Waals surface area contributed by atoms with Crippen molar-refractivity contribution in [3.05, 3.63) is 69.1 Å². The average Bonchev–Trinajstić information content (AvgIpc) is 3.29. The molecule has 7 heteroatoms. The number of esters is 1.